The molecule has 3 heterocycles. The van der Waals surface area contributed by atoms with E-state index in [0.29, 0.717) is 32.1 Å². The molecule has 9 heteroatoms. The number of phenols is 1. The lowest BCUT2D eigenvalue weighted by Crippen LogP contribution is -2.39. The van der Waals surface area contributed by atoms with Crippen LogP contribution in [0.1, 0.15) is 24.1 Å². The number of fused-ring (bicyclic) bond motifs is 2. The Kier molecular flexibility index (Phi) is 4.82. The molecule has 1 atom stereocenters. The van der Waals surface area contributed by atoms with Crippen molar-refractivity contribution in [3.05, 3.63) is 84.5 Å². The number of hydrogen-bond donors (Lipinski definition) is 1. The minimum atomic E-state index is -0.727. The Balaban J connectivity index is 1.73. The fourth-order valence-corrected chi connectivity index (χ4v) is 4.86. The molecule has 8 nitrogen and oxygen atoms in total. The summed E-state index contributed by atoms with van der Waals surface area (Å²) >= 11 is 1.23. The van der Waals surface area contributed by atoms with Crippen LogP contribution < -0.4 is 24.4 Å². The average molecular weight is 450 g/mol. The molecule has 2 aromatic carbocycles. The molecule has 2 aliphatic rings. The van der Waals surface area contributed by atoms with Gasteiger partial charge in [0.05, 0.1) is 29.0 Å². The van der Waals surface area contributed by atoms with E-state index in [2.05, 4.69) is 4.99 Å². The Morgan fingerprint density at radius 2 is 1.97 bits per heavy atom. The van der Waals surface area contributed by atoms with Gasteiger partial charge in [0, 0.05) is 0 Å². The number of methoxy groups -OCH3 is 1. The van der Waals surface area contributed by atoms with Gasteiger partial charge in [-0.25, -0.2) is 9.79 Å². The van der Waals surface area contributed by atoms with Crippen LogP contribution in [0.5, 0.6) is 17.2 Å². The van der Waals surface area contributed by atoms with Gasteiger partial charge in [-0.1, -0.05) is 29.5 Å². The number of aromatic nitrogens is 1. The van der Waals surface area contributed by atoms with Gasteiger partial charge in [-0.3, -0.25) is 9.36 Å². The van der Waals surface area contributed by atoms with Gasteiger partial charge < -0.3 is 19.3 Å². The summed E-state index contributed by atoms with van der Waals surface area (Å²) in [5.74, 6) is 0.743. The third-order valence-electron chi connectivity index (χ3n) is 5.33. The van der Waals surface area contributed by atoms with Crippen LogP contribution in [0.25, 0.3) is 6.08 Å². The second-order valence-electron chi connectivity index (χ2n) is 7.28. The van der Waals surface area contributed by atoms with Crippen molar-refractivity contribution in [2.24, 2.45) is 4.99 Å². The molecule has 0 amide bonds. The number of ether oxygens (including phenoxy) is 3. The molecule has 32 heavy (non-hydrogen) atoms. The molecule has 2 aliphatic heterocycles. The van der Waals surface area contributed by atoms with Gasteiger partial charge in [0.25, 0.3) is 5.56 Å². The molecule has 0 saturated heterocycles. The van der Waals surface area contributed by atoms with Crippen LogP contribution in [0.4, 0.5) is 0 Å². The van der Waals surface area contributed by atoms with E-state index < -0.39 is 12.0 Å². The van der Waals surface area contributed by atoms with Crippen molar-refractivity contribution < 1.29 is 24.1 Å². The van der Waals surface area contributed by atoms with Gasteiger partial charge in [0.1, 0.15) is 5.75 Å². The molecule has 0 fully saturated rings. The molecule has 1 N–H and O–H groups in total. The topological polar surface area (TPSA) is 99.4 Å². The predicted octanol–water partition coefficient (Wildman–Crippen LogP) is 1.84. The monoisotopic (exact) mass is 450 g/mol. The zero-order valence-electron chi connectivity index (χ0n) is 17.2. The number of hydrogen-bond acceptors (Lipinski definition) is 8. The van der Waals surface area contributed by atoms with Crippen LogP contribution in [0.15, 0.2) is 63.5 Å². The number of allylic oxidation sites excluding steroid dienone is 1. The van der Waals surface area contributed by atoms with Crippen molar-refractivity contribution in [2.45, 2.75) is 13.0 Å². The van der Waals surface area contributed by atoms with Crippen LogP contribution in [0, 0.1) is 0 Å². The van der Waals surface area contributed by atoms with Gasteiger partial charge >= 0.3 is 5.97 Å². The molecular formula is C23H18N2O6S. The number of thiazole rings is 1. The molecule has 0 bridgehead atoms. The van der Waals surface area contributed by atoms with Crippen molar-refractivity contribution in [3.8, 4) is 17.2 Å². The minimum absolute atomic E-state index is 0.118. The highest BCUT2D eigenvalue weighted by Crippen LogP contribution is 2.38. The smallest absolute Gasteiger partial charge is 0.338 e. The Morgan fingerprint density at radius 1 is 1.22 bits per heavy atom. The van der Waals surface area contributed by atoms with Gasteiger partial charge in [-0.15, -0.1) is 0 Å². The first-order valence-electron chi connectivity index (χ1n) is 9.75. The lowest BCUT2D eigenvalue weighted by Gasteiger charge is -2.24. The second-order valence-corrected chi connectivity index (χ2v) is 8.29. The molecule has 162 valence electrons. The fraction of sp³-hybridized carbons (Fsp3) is 0.174. The normalized spacial score (nSPS) is 17.2. The van der Waals surface area contributed by atoms with Gasteiger partial charge in [-0.05, 0) is 48.4 Å². The van der Waals surface area contributed by atoms with Crippen LogP contribution in [0.2, 0.25) is 0 Å². The SMILES string of the molecule is COC(=O)C1=C(C)N=c2s/c(=C\c3ccc(O)cc3)c(=O)n2C1c1ccc2c(c1)OCO2. The van der Waals surface area contributed by atoms with Crippen molar-refractivity contribution in [1.82, 2.24) is 4.57 Å². The van der Waals surface area contributed by atoms with Crippen molar-refractivity contribution >= 4 is 23.4 Å². The molecular weight excluding hydrogens is 432 g/mol. The molecule has 5 rings (SSSR count). The molecule has 0 aliphatic carbocycles. The van der Waals surface area contributed by atoms with Crippen LogP contribution in [0.3, 0.4) is 0 Å². The van der Waals surface area contributed by atoms with Gasteiger partial charge in [0.15, 0.2) is 16.3 Å². The first kappa shape index (κ1) is 20.1. The maximum Gasteiger partial charge on any atom is 0.338 e. The van der Waals surface area contributed by atoms with Gasteiger partial charge in [-0.2, -0.15) is 0 Å². The summed E-state index contributed by atoms with van der Waals surface area (Å²) in [5.41, 5.74) is 1.93. The van der Waals surface area contributed by atoms with Crippen LogP contribution in [-0.4, -0.2) is 29.5 Å². The summed E-state index contributed by atoms with van der Waals surface area (Å²) in [6.45, 7) is 1.84. The van der Waals surface area contributed by atoms with E-state index in [1.165, 1.54) is 23.0 Å². The van der Waals surface area contributed by atoms with Crippen molar-refractivity contribution in [1.29, 1.82) is 0 Å². The summed E-state index contributed by atoms with van der Waals surface area (Å²) in [7, 11) is 1.30. The summed E-state index contributed by atoms with van der Waals surface area (Å²) < 4.78 is 17.9. The van der Waals surface area contributed by atoms with E-state index in [-0.39, 0.29) is 23.7 Å². The quantitative estimate of drug-likeness (QED) is 0.612. The van der Waals surface area contributed by atoms with Gasteiger partial charge in [0.2, 0.25) is 6.79 Å². The number of carbonyl (C=O) groups excluding carboxylic acids is 1. The Bertz CT molecular complexity index is 1450. The lowest BCUT2D eigenvalue weighted by atomic mass is 9.95. The Labute approximate surface area is 185 Å². The van der Waals surface area contributed by atoms with Crippen molar-refractivity contribution in [3.63, 3.8) is 0 Å². The van der Waals surface area contributed by atoms with E-state index in [4.69, 9.17) is 14.2 Å². The maximum absolute atomic E-state index is 13.5. The molecule has 3 aromatic rings. The first-order chi connectivity index (χ1) is 15.5. The maximum atomic E-state index is 13.5. The van der Waals surface area contributed by atoms with E-state index in [1.807, 2.05) is 0 Å². The molecule has 0 radical (unpaired) electrons. The predicted molar refractivity (Wildman–Crippen MR) is 116 cm³/mol. The molecule has 0 spiro atoms. The molecule has 0 saturated carbocycles. The second kappa shape index (κ2) is 7.69. The molecule has 1 unspecified atom stereocenters. The van der Waals surface area contributed by atoms with Crippen molar-refractivity contribution in [2.75, 3.05) is 13.9 Å². The molecule has 1 aromatic heterocycles. The Morgan fingerprint density at radius 3 is 2.72 bits per heavy atom. The lowest BCUT2D eigenvalue weighted by molar-refractivity contribution is -0.136. The third kappa shape index (κ3) is 3.27. The number of esters is 1. The average Bonchev–Trinajstić information content (AvgIpc) is 3.37. The number of nitrogens with zero attached hydrogens (tertiary/aromatic N) is 2. The standard InChI is InChI=1S/C23H18N2O6S/c1-12-19(22(28)29-2)20(14-5-8-16-17(10-14)31-11-30-16)25-21(27)18(32-23(25)24-12)9-13-3-6-15(26)7-4-13/h3-10,20,26H,11H2,1-2H3/b18-9-. The highest BCUT2D eigenvalue weighted by molar-refractivity contribution is 7.07. The summed E-state index contributed by atoms with van der Waals surface area (Å²) in [5, 5.41) is 9.51. The van der Waals surface area contributed by atoms with Crippen LogP contribution >= 0.6 is 11.3 Å². The summed E-state index contributed by atoms with van der Waals surface area (Å²) in [6, 6.07) is 11.1. The van der Waals surface area contributed by atoms with E-state index >= 15 is 0 Å². The third-order valence-corrected chi connectivity index (χ3v) is 6.31. The van der Waals surface area contributed by atoms with Crippen LogP contribution in [-0.2, 0) is 9.53 Å². The number of benzene rings is 2. The minimum Gasteiger partial charge on any atom is -0.508 e. The first-order valence-corrected chi connectivity index (χ1v) is 10.6. The zero-order chi connectivity index (χ0) is 22.4. The van der Waals surface area contributed by atoms with E-state index in [0.717, 1.165) is 5.56 Å². The van der Waals surface area contributed by atoms with E-state index in [1.54, 1.807) is 55.5 Å². The highest BCUT2D eigenvalue weighted by atomic mass is 32.1. The summed E-state index contributed by atoms with van der Waals surface area (Å²) in [4.78, 5) is 31.2. The number of phenolic OH excluding ortho intramolecular Hbond substituents is 1. The number of aromatic hydroxyl groups is 1. The summed E-state index contributed by atoms with van der Waals surface area (Å²) in [6.07, 6.45) is 1.73. The zero-order valence-corrected chi connectivity index (χ0v) is 18.0. The number of carbonyl (C=O) groups is 1. The largest absolute Gasteiger partial charge is 0.508 e. The fourth-order valence-electron chi connectivity index (χ4n) is 3.81. The highest BCUT2D eigenvalue weighted by Gasteiger charge is 2.34. The Hall–Kier alpha value is -3.85. The number of rotatable bonds is 3. The van der Waals surface area contributed by atoms with E-state index in [9.17, 15) is 14.7 Å².